The van der Waals surface area contributed by atoms with Gasteiger partial charge in [0.05, 0.1) is 0 Å². The molecule has 0 saturated carbocycles. The van der Waals surface area contributed by atoms with Crippen molar-refractivity contribution >= 4 is 33.2 Å². The van der Waals surface area contributed by atoms with Crippen LogP contribution in [0.15, 0.2) is 46.9 Å². The van der Waals surface area contributed by atoms with Gasteiger partial charge in [0, 0.05) is 28.9 Å². The minimum absolute atomic E-state index is 0.0150. The van der Waals surface area contributed by atoms with Crippen molar-refractivity contribution in [3.8, 4) is 5.75 Å². The average Bonchev–Trinajstić information content (AvgIpc) is 2.58. The van der Waals surface area contributed by atoms with Gasteiger partial charge in [0.2, 0.25) is 0 Å². The summed E-state index contributed by atoms with van der Waals surface area (Å²) in [7, 11) is 0. The van der Waals surface area contributed by atoms with Crippen LogP contribution in [0.3, 0.4) is 0 Å². The maximum Gasteiger partial charge on any atom is 0.262 e. The van der Waals surface area contributed by atoms with Gasteiger partial charge in [0.15, 0.2) is 6.61 Å². The molecule has 24 heavy (non-hydrogen) atoms. The Labute approximate surface area is 151 Å². The number of ether oxygens (including phenoxy) is 1. The number of benzene rings is 2. The number of amides is 1. The van der Waals surface area contributed by atoms with E-state index in [1.807, 2.05) is 49.4 Å². The number of rotatable bonds is 7. The lowest BCUT2D eigenvalue weighted by Crippen LogP contribution is -2.22. The van der Waals surface area contributed by atoms with Crippen molar-refractivity contribution in [1.29, 1.82) is 0 Å². The first-order chi connectivity index (χ1) is 11.5. The van der Waals surface area contributed by atoms with Crippen molar-refractivity contribution in [2.24, 2.45) is 0 Å². The highest BCUT2D eigenvalue weighted by atomic mass is 79.9. The van der Waals surface area contributed by atoms with Crippen LogP contribution in [0.25, 0.3) is 0 Å². The van der Waals surface area contributed by atoms with E-state index >= 15 is 0 Å². The Morgan fingerprint density at radius 3 is 2.38 bits per heavy atom. The molecule has 2 aromatic rings. The second kappa shape index (κ2) is 8.73. The van der Waals surface area contributed by atoms with E-state index in [0.29, 0.717) is 5.75 Å². The molecule has 0 aliphatic carbocycles. The van der Waals surface area contributed by atoms with Crippen molar-refractivity contribution in [2.45, 2.75) is 20.8 Å². The van der Waals surface area contributed by atoms with Gasteiger partial charge < -0.3 is 15.0 Å². The largest absolute Gasteiger partial charge is 0.484 e. The Bertz CT molecular complexity index is 682. The molecule has 128 valence electrons. The maximum absolute atomic E-state index is 12.0. The Kier molecular flexibility index (Phi) is 6.67. The first-order valence-corrected chi connectivity index (χ1v) is 8.86. The van der Waals surface area contributed by atoms with E-state index in [0.717, 1.165) is 34.5 Å². The molecule has 0 aliphatic rings. The van der Waals surface area contributed by atoms with Crippen LogP contribution in [0.4, 0.5) is 11.4 Å². The van der Waals surface area contributed by atoms with Crippen LogP contribution in [0.1, 0.15) is 19.4 Å². The Morgan fingerprint density at radius 2 is 1.79 bits per heavy atom. The summed E-state index contributed by atoms with van der Waals surface area (Å²) in [5.74, 6) is 0.508. The predicted octanol–water partition coefficient (Wildman–Crippen LogP) is 4.62. The van der Waals surface area contributed by atoms with Crippen molar-refractivity contribution in [2.75, 3.05) is 29.9 Å². The topological polar surface area (TPSA) is 41.6 Å². The summed E-state index contributed by atoms with van der Waals surface area (Å²) in [5.41, 5.74) is 2.99. The van der Waals surface area contributed by atoms with Gasteiger partial charge in [-0.3, -0.25) is 4.79 Å². The number of anilines is 2. The molecule has 0 bridgehead atoms. The van der Waals surface area contributed by atoms with E-state index < -0.39 is 0 Å². The van der Waals surface area contributed by atoms with Crippen LogP contribution in [-0.4, -0.2) is 25.6 Å². The maximum atomic E-state index is 12.0. The number of hydrogen-bond donors (Lipinski definition) is 1. The molecule has 0 spiro atoms. The quantitative estimate of drug-likeness (QED) is 0.749. The molecule has 1 N–H and O–H groups in total. The Balaban J connectivity index is 1.88. The Morgan fingerprint density at radius 1 is 1.12 bits per heavy atom. The minimum Gasteiger partial charge on any atom is -0.484 e. The summed E-state index contributed by atoms with van der Waals surface area (Å²) in [6.45, 7) is 8.14. The van der Waals surface area contributed by atoms with Gasteiger partial charge in [-0.2, -0.15) is 0 Å². The van der Waals surface area contributed by atoms with Gasteiger partial charge in [-0.15, -0.1) is 0 Å². The van der Waals surface area contributed by atoms with E-state index in [1.54, 1.807) is 0 Å². The van der Waals surface area contributed by atoms with Gasteiger partial charge in [-0.1, -0.05) is 15.9 Å². The molecule has 0 saturated heterocycles. The second-order valence-corrected chi connectivity index (χ2v) is 6.32. The monoisotopic (exact) mass is 390 g/mol. The molecule has 0 fully saturated rings. The van der Waals surface area contributed by atoms with Crippen LogP contribution in [0.5, 0.6) is 5.75 Å². The lowest BCUT2D eigenvalue weighted by molar-refractivity contribution is -0.118. The molecular weight excluding hydrogens is 368 g/mol. The fourth-order valence-electron chi connectivity index (χ4n) is 2.40. The number of nitrogens with one attached hydrogen (secondary N) is 1. The molecule has 5 heteroatoms. The SMILES string of the molecule is CCN(CC)c1ccc(NC(=O)COc2ccc(Br)c(C)c2)cc1. The zero-order chi connectivity index (χ0) is 17.5. The molecule has 2 rings (SSSR count). The molecule has 0 unspecified atom stereocenters. The summed E-state index contributed by atoms with van der Waals surface area (Å²) in [6.07, 6.45) is 0. The highest BCUT2D eigenvalue weighted by Gasteiger charge is 2.06. The third-order valence-electron chi connectivity index (χ3n) is 3.78. The summed E-state index contributed by atoms with van der Waals surface area (Å²) in [6, 6.07) is 13.5. The van der Waals surface area contributed by atoms with E-state index in [1.165, 1.54) is 0 Å². The van der Waals surface area contributed by atoms with Crippen molar-refractivity contribution < 1.29 is 9.53 Å². The highest BCUT2D eigenvalue weighted by Crippen LogP contribution is 2.22. The molecule has 0 radical (unpaired) electrons. The fraction of sp³-hybridized carbons (Fsp3) is 0.316. The predicted molar refractivity (Wildman–Crippen MR) is 103 cm³/mol. The van der Waals surface area contributed by atoms with Crippen molar-refractivity contribution in [1.82, 2.24) is 0 Å². The molecule has 4 nitrogen and oxygen atoms in total. The van der Waals surface area contributed by atoms with E-state index in [-0.39, 0.29) is 12.5 Å². The fourth-order valence-corrected chi connectivity index (χ4v) is 2.64. The second-order valence-electron chi connectivity index (χ2n) is 5.47. The first-order valence-electron chi connectivity index (χ1n) is 8.07. The van der Waals surface area contributed by atoms with Gasteiger partial charge >= 0.3 is 0 Å². The minimum atomic E-state index is -0.175. The number of nitrogens with zero attached hydrogens (tertiary/aromatic N) is 1. The normalized spacial score (nSPS) is 10.3. The van der Waals surface area contributed by atoms with Crippen LogP contribution in [-0.2, 0) is 4.79 Å². The average molecular weight is 391 g/mol. The standard InChI is InChI=1S/C19H23BrN2O2/c1-4-22(5-2)16-8-6-15(7-9-16)21-19(23)13-24-17-10-11-18(20)14(3)12-17/h6-12H,4-5,13H2,1-3H3,(H,21,23). The summed E-state index contributed by atoms with van der Waals surface area (Å²) >= 11 is 3.44. The molecule has 0 aliphatic heterocycles. The molecule has 0 aromatic heterocycles. The van der Waals surface area contributed by atoms with Crippen molar-refractivity contribution in [3.05, 3.63) is 52.5 Å². The van der Waals surface area contributed by atoms with E-state index in [4.69, 9.17) is 4.74 Å². The van der Waals surface area contributed by atoms with Crippen molar-refractivity contribution in [3.63, 3.8) is 0 Å². The number of halogens is 1. The van der Waals surface area contributed by atoms with Crippen LogP contribution < -0.4 is 15.0 Å². The summed E-state index contributed by atoms with van der Waals surface area (Å²) < 4.78 is 6.55. The van der Waals surface area contributed by atoms with Gasteiger partial charge in [-0.25, -0.2) is 0 Å². The first kappa shape index (κ1) is 18.3. The molecule has 1 amide bonds. The molecule has 2 aromatic carbocycles. The molecular formula is C19H23BrN2O2. The zero-order valence-corrected chi connectivity index (χ0v) is 15.9. The van der Waals surface area contributed by atoms with Crippen LogP contribution in [0, 0.1) is 6.92 Å². The smallest absolute Gasteiger partial charge is 0.262 e. The molecule has 0 heterocycles. The summed E-state index contributed by atoms with van der Waals surface area (Å²) in [4.78, 5) is 14.3. The lowest BCUT2D eigenvalue weighted by atomic mass is 10.2. The number of hydrogen-bond acceptors (Lipinski definition) is 3. The van der Waals surface area contributed by atoms with E-state index in [2.05, 4.69) is 40.0 Å². The third kappa shape index (κ3) is 4.99. The number of carbonyl (C=O) groups is 1. The highest BCUT2D eigenvalue weighted by molar-refractivity contribution is 9.10. The van der Waals surface area contributed by atoms with Crippen LogP contribution >= 0.6 is 15.9 Å². The van der Waals surface area contributed by atoms with E-state index in [9.17, 15) is 4.79 Å². The van der Waals surface area contributed by atoms with Gasteiger partial charge in [0.1, 0.15) is 5.75 Å². The van der Waals surface area contributed by atoms with Gasteiger partial charge in [0.25, 0.3) is 5.91 Å². The van der Waals surface area contributed by atoms with Crippen LogP contribution in [0.2, 0.25) is 0 Å². The zero-order valence-electron chi connectivity index (χ0n) is 14.3. The Hall–Kier alpha value is -2.01. The number of aryl methyl sites for hydroxylation is 1. The third-order valence-corrected chi connectivity index (χ3v) is 4.67. The lowest BCUT2D eigenvalue weighted by Gasteiger charge is -2.21. The number of carbonyl (C=O) groups excluding carboxylic acids is 1. The summed E-state index contributed by atoms with van der Waals surface area (Å²) in [5, 5.41) is 2.85. The van der Waals surface area contributed by atoms with Gasteiger partial charge in [-0.05, 0) is 68.8 Å². The molecule has 0 atom stereocenters.